The molecule has 2 atom stereocenters. The molecule has 0 saturated heterocycles. The van der Waals surface area contributed by atoms with Crippen molar-refractivity contribution in [2.24, 2.45) is 17.3 Å². The molecule has 4 aliphatic carbocycles. The Hall–Kier alpha value is -2.61. The molecule has 2 aromatic rings. The molecule has 4 bridgehead atoms. The van der Waals surface area contributed by atoms with E-state index in [1.54, 1.807) is 18.5 Å². The number of carbonyl (C=O) groups excluding carboxylic acids is 1. The number of pyridine rings is 1. The summed E-state index contributed by atoms with van der Waals surface area (Å²) in [6.45, 7) is 0. The fraction of sp³-hybridized carbons (Fsp3) is 0.476. The molecule has 2 aromatic heterocycles. The van der Waals surface area contributed by atoms with Crippen molar-refractivity contribution in [3.63, 3.8) is 0 Å². The second kappa shape index (κ2) is 5.70. The summed E-state index contributed by atoms with van der Waals surface area (Å²) in [6, 6.07) is 7.58. The molecule has 132 valence electrons. The summed E-state index contributed by atoms with van der Waals surface area (Å²) in [5.41, 5.74) is 1.27. The number of amides is 1. The lowest BCUT2D eigenvalue weighted by Gasteiger charge is -2.60. The zero-order valence-corrected chi connectivity index (χ0v) is 14.7. The number of aromatic nitrogens is 3. The number of aromatic amines is 1. The van der Waals surface area contributed by atoms with Crippen LogP contribution in [0.1, 0.15) is 54.7 Å². The van der Waals surface area contributed by atoms with Crippen LogP contribution in [0.25, 0.3) is 0 Å². The maximum absolute atomic E-state index is 12.6. The van der Waals surface area contributed by atoms with Gasteiger partial charge in [0, 0.05) is 23.3 Å². The van der Waals surface area contributed by atoms with Crippen molar-refractivity contribution in [1.29, 1.82) is 0 Å². The van der Waals surface area contributed by atoms with Crippen molar-refractivity contribution in [3.8, 4) is 11.8 Å². The molecule has 0 radical (unpaired) electrons. The van der Waals surface area contributed by atoms with Crippen LogP contribution in [0.4, 0.5) is 0 Å². The summed E-state index contributed by atoms with van der Waals surface area (Å²) >= 11 is 0. The van der Waals surface area contributed by atoms with Gasteiger partial charge in [-0.3, -0.25) is 9.89 Å². The lowest BCUT2D eigenvalue weighted by molar-refractivity contribution is -0.0484. The van der Waals surface area contributed by atoms with Gasteiger partial charge >= 0.3 is 0 Å². The average molecular weight is 346 g/mol. The molecule has 1 amide bonds. The highest BCUT2D eigenvalue weighted by Crippen LogP contribution is 2.61. The summed E-state index contributed by atoms with van der Waals surface area (Å²) in [5.74, 6) is 8.18. The van der Waals surface area contributed by atoms with Crippen LogP contribution in [0.3, 0.4) is 0 Å². The Kier molecular flexibility index (Phi) is 3.43. The van der Waals surface area contributed by atoms with Crippen molar-refractivity contribution in [2.45, 2.75) is 44.1 Å². The van der Waals surface area contributed by atoms with E-state index in [-0.39, 0.29) is 16.9 Å². The molecule has 0 aromatic carbocycles. The second-order valence-corrected chi connectivity index (χ2v) is 8.41. The van der Waals surface area contributed by atoms with Crippen molar-refractivity contribution in [3.05, 3.63) is 48.0 Å². The smallest absolute Gasteiger partial charge is 0.269 e. The molecular formula is C21H22N4O. The lowest BCUT2D eigenvalue weighted by Crippen LogP contribution is -2.62. The molecule has 6 rings (SSSR count). The van der Waals surface area contributed by atoms with Gasteiger partial charge in [-0.1, -0.05) is 12.0 Å². The number of hydrogen-bond donors (Lipinski definition) is 2. The third-order valence-corrected chi connectivity index (χ3v) is 6.31. The predicted molar refractivity (Wildman–Crippen MR) is 97.0 cm³/mol. The zero-order valence-electron chi connectivity index (χ0n) is 14.7. The van der Waals surface area contributed by atoms with Gasteiger partial charge in [-0.15, -0.1) is 0 Å². The molecule has 5 nitrogen and oxygen atoms in total. The van der Waals surface area contributed by atoms with Gasteiger partial charge in [0.15, 0.2) is 0 Å². The summed E-state index contributed by atoms with van der Waals surface area (Å²) in [7, 11) is 0. The Morgan fingerprint density at radius 3 is 2.69 bits per heavy atom. The predicted octanol–water partition coefficient (Wildman–Crippen LogP) is 2.93. The minimum absolute atomic E-state index is 0.0167. The van der Waals surface area contributed by atoms with Gasteiger partial charge in [-0.25, -0.2) is 4.98 Å². The Balaban J connectivity index is 1.43. The Labute approximate surface area is 153 Å². The van der Waals surface area contributed by atoms with Crippen molar-refractivity contribution in [1.82, 2.24) is 20.5 Å². The van der Waals surface area contributed by atoms with E-state index in [4.69, 9.17) is 0 Å². The Bertz CT molecular complexity index is 864. The zero-order chi connectivity index (χ0) is 17.6. The first kappa shape index (κ1) is 15.6. The van der Waals surface area contributed by atoms with Crippen LogP contribution in [0.15, 0.2) is 36.7 Å². The second-order valence-electron chi connectivity index (χ2n) is 8.41. The van der Waals surface area contributed by atoms with E-state index >= 15 is 0 Å². The van der Waals surface area contributed by atoms with Crippen LogP contribution in [-0.2, 0) is 0 Å². The molecule has 5 heteroatoms. The maximum Gasteiger partial charge on any atom is 0.269 e. The van der Waals surface area contributed by atoms with E-state index in [2.05, 4.69) is 32.3 Å². The van der Waals surface area contributed by atoms with E-state index in [9.17, 15) is 4.79 Å². The molecule has 2 N–H and O–H groups in total. The summed E-state index contributed by atoms with van der Waals surface area (Å²) < 4.78 is 0. The number of hydrogen-bond acceptors (Lipinski definition) is 3. The molecule has 4 fully saturated rings. The number of nitrogens with zero attached hydrogens (tertiary/aromatic N) is 2. The summed E-state index contributed by atoms with van der Waals surface area (Å²) in [4.78, 5) is 17.0. The minimum atomic E-state index is -0.120. The van der Waals surface area contributed by atoms with Crippen LogP contribution in [-0.4, -0.2) is 26.6 Å². The first-order valence-electron chi connectivity index (χ1n) is 9.40. The SMILES string of the molecule is O=C(NC12CC3CC(CC(C#Cc4ccccn4)(C3)C1)C2)c1ccn[nH]1. The number of nitrogens with one attached hydrogen (secondary N) is 2. The molecule has 2 unspecified atom stereocenters. The molecule has 0 aliphatic heterocycles. The third-order valence-electron chi connectivity index (χ3n) is 6.31. The number of H-pyrrole nitrogens is 1. The topological polar surface area (TPSA) is 70.7 Å². The highest BCUT2D eigenvalue weighted by molar-refractivity contribution is 5.92. The first-order valence-corrected chi connectivity index (χ1v) is 9.40. The quantitative estimate of drug-likeness (QED) is 0.822. The van der Waals surface area contributed by atoms with Gasteiger partial charge in [-0.05, 0) is 74.5 Å². The van der Waals surface area contributed by atoms with Gasteiger partial charge in [0.25, 0.3) is 5.91 Å². The van der Waals surface area contributed by atoms with Gasteiger partial charge < -0.3 is 5.32 Å². The lowest BCUT2D eigenvalue weighted by atomic mass is 9.47. The highest BCUT2D eigenvalue weighted by Gasteiger charge is 2.57. The fourth-order valence-electron chi connectivity index (χ4n) is 5.88. The molecule has 2 heterocycles. The number of rotatable bonds is 2. The van der Waals surface area contributed by atoms with E-state index in [1.807, 2.05) is 18.2 Å². The average Bonchev–Trinajstić information content (AvgIpc) is 3.14. The minimum Gasteiger partial charge on any atom is -0.345 e. The highest BCUT2D eigenvalue weighted by atomic mass is 16.2. The normalized spacial score (nSPS) is 34.2. The summed E-state index contributed by atoms with van der Waals surface area (Å²) in [6.07, 6.45) is 10.1. The molecular weight excluding hydrogens is 324 g/mol. The van der Waals surface area contributed by atoms with Gasteiger partial charge in [0.05, 0.1) is 0 Å². The van der Waals surface area contributed by atoms with E-state index < -0.39 is 0 Å². The Morgan fingerprint density at radius 1 is 1.15 bits per heavy atom. The molecule has 26 heavy (non-hydrogen) atoms. The third kappa shape index (κ3) is 2.70. The molecule has 4 aliphatic rings. The Morgan fingerprint density at radius 2 is 2.00 bits per heavy atom. The van der Waals surface area contributed by atoms with Gasteiger partial charge in [-0.2, -0.15) is 5.10 Å². The monoisotopic (exact) mass is 346 g/mol. The van der Waals surface area contributed by atoms with Crippen molar-refractivity contribution in [2.75, 3.05) is 0 Å². The van der Waals surface area contributed by atoms with E-state index in [1.165, 1.54) is 6.42 Å². The van der Waals surface area contributed by atoms with E-state index in [0.29, 0.717) is 17.5 Å². The van der Waals surface area contributed by atoms with Crippen molar-refractivity contribution >= 4 is 5.91 Å². The molecule has 4 saturated carbocycles. The van der Waals surface area contributed by atoms with E-state index in [0.717, 1.165) is 37.8 Å². The van der Waals surface area contributed by atoms with Crippen LogP contribution >= 0.6 is 0 Å². The van der Waals surface area contributed by atoms with Gasteiger partial charge in [0.2, 0.25) is 0 Å². The first-order chi connectivity index (χ1) is 12.6. The standard InChI is InChI=1S/C21H22N4O/c26-19(18-5-8-23-25-18)24-21-12-15-9-16(13-21)11-20(10-15,14-21)6-4-17-3-1-2-7-22-17/h1-3,5,7-8,15-16H,9-14H2,(H,23,25)(H,24,26). The van der Waals surface area contributed by atoms with Crippen LogP contribution in [0, 0.1) is 29.1 Å². The van der Waals surface area contributed by atoms with Crippen LogP contribution in [0.2, 0.25) is 0 Å². The fourth-order valence-corrected chi connectivity index (χ4v) is 5.88. The van der Waals surface area contributed by atoms with Gasteiger partial charge in [0.1, 0.15) is 11.4 Å². The van der Waals surface area contributed by atoms with Crippen LogP contribution < -0.4 is 5.32 Å². The summed E-state index contributed by atoms with van der Waals surface area (Å²) in [5, 5.41) is 10.0. The molecule has 0 spiro atoms. The number of carbonyl (C=O) groups is 1. The largest absolute Gasteiger partial charge is 0.345 e. The van der Waals surface area contributed by atoms with Crippen molar-refractivity contribution < 1.29 is 4.79 Å². The van der Waals surface area contributed by atoms with Crippen LogP contribution in [0.5, 0.6) is 0 Å². The maximum atomic E-state index is 12.6.